The molecule has 1 saturated heterocycles. The van der Waals surface area contributed by atoms with E-state index in [4.69, 9.17) is 23.7 Å². The third kappa shape index (κ3) is 5.96. The fraction of sp³-hybridized carbons (Fsp3) is 0.483. The van der Waals surface area contributed by atoms with Crippen molar-refractivity contribution in [3.63, 3.8) is 0 Å². The van der Waals surface area contributed by atoms with Gasteiger partial charge in [-0.3, -0.25) is 14.4 Å². The lowest BCUT2D eigenvalue weighted by atomic mass is 9.84. The second-order valence-electron chi connectivity index (χ2n) is 9.73. The van der Waals surface area contributed by atoms with E-state index in [9.17, 15) is 14.4 Å². The predicted octanol–water partition coefficient (Wildman–Crippen LogP) is 4.28. The molecule has 0 aromatic heterocycles. The minimum atomic E-state index is -0.858. The van der Waals surface area contributed by atoms with Crippen molar-refractivity contribution >= 4 is 17.9 Å². The molecule has 0 amide bonds. The average molecular weight is 511 g/mol. The number of benzene rings is 2. The Hall–Kier alpha value is -3.39. The van der Waals surface area contributed by atoms with Gasteiger partial charge in [0.2, 0.25) is 0 Å². The molecule has 0 spiro atoms. The molecule has 2 aromatic rings. The van der Waals surface area contributed by atoms with Gasteiger partial charge in [-0.2, -0.15) is 0 Å². The summed E-state index contributed by atoms with van der Waals surface area (Å²) in [6.07, 6.45) is -0.974. The van der Waals surface area contributed by atoms with Crippen LogP contribution < -0.4 is 4.74 Å². The van der Waals surface area contributed by atoms with Gasteiger partial charge >= 0.3 is 17.9 Å². The van der Waals surface area contributed by atoms with E-state index in [1.165, 1.54) is 37.5 Å². The molecule has 0 N–H and O–H groups in total. The number of rotatable bonds is 7. The molecule has 2 aliphatic rings. The van der Waals surface area contributed by atoms with E-state index < -0.39 is 42.3 Å². The van der Waals surface area contributed by atoms with Crippen molar-refractivity contribution in [2.45, 2.75) is 70.9 Å². The zero-order valence-corrected chi connectivity index (χ0v) is 21.9. The van der Waals surface area contributed by atoms with Crippen molar-refractivity contribution in [1.82, 2.24) is 0 Å². The summed E-state index contributed by atoms with van der Waals surface area (Å²) in [5.41, 5.74) is 4.44. The van der Waals surface area contributed by atoms with E-state index in [1.54, 1.807) is 7.11 Å². The minimum absolute atomic E-state index is 0.00301. The Kier molecular flexibility index (Phi) is 8.17. The lowest BCUT2D eigenvalue weighted by molar-refractivity contribution is -0.232. The van der Waals surface area contributed by atoms with Crippen LogP contribution in [0.3, 0.4) is 0 Å². The molecule has 4 rings (SSSR count). The number of fused-ring (bicyclic) bond motifs is 1. The van der Waals surface area contributed by atoms with Crippen molar-refractivity contribution in [3.8, 4) is 5.75 Å². The first kappa shape index (κ1) is 26.7. The Morgan fingerprint density at radius 3 is 2.16 bits per heavy atom. The number of aryl methyl sites for hydroxylation is 1. The average Bonchev–Trinajstić information content (AvgIpc) is 3.28. The molecule has 1 unspecified atom stereocenters. The van der Waals surface area contributed by atoms with Crippen molar-refractivity contribution in [1.29, 1.82) is 0 Å². The Labute approximate surface area is 217 Å². The predicted molar refractivity (Wildman–Crippen MR) is 134 cm³/mol. The molecule has 37 heavy (non-hydrogen) atoms. The van der Waals surface area contributed by atoms with Gasteiger partial charge in [0.15, 0.2) is 6.10 Å². The van der Waals surface area contributed by atoms with Crippen LogP contribution in [0.2, 0.25) is 0 Å². The third-order valence-corrected chi connectivity index (χ3v) is 7.20. The molecular weight excluding hydrogens is 476 g/mol. The number of ether oxygens (including phenoxy) is 5. The van der Waals surface area contributed by atoms with Gasteiger partial charge < -0.3 is 23.7 Å². The zero-order chi connectivity index (χ0) is 26.7. The Bertz CT molecular complexity index is 1140. The molecule has 8 heteroatoms. The van der Waals surface area contributed by atoms with Crippen LogP contribution in [0.15, 0.2) is 42.5 Å². The lowest BCUT2D eigenvalue weighted by Crippen LogP contribution is -2.54. The summed E-state index contributed by atoms with van der Waals surface area (Å²) in [7, 11) is 1.65. The molecule has 1 aliphatic heterocycles. The first-order valence-electron chi connectivity index (χ1n) is 12.6. The maximum atomic E-state index is 12.1. The summed E-state index contributed by atoms with van der Waals surface area (Å²) in [4.78, 5) is 35.6. The number of carbonyl (C=O) groups is 3. The number of esters is 3. The second kappa shape index (κ2) is 11.3. The highest BCUT2D eigenvalue weighted by Crippen LogP contribution is 2.43. The second-order valence-corrected chi connectivity index (χ2v) is 9.73. The highest BCUT2D eigenvalue weighted by Gasteiger charge is 2.49. The van der Waals surface area contributed by atoms with E-state index in [0.717, 1.165) is 24.2 Å². The fourth-order valence-corrected chi connectivity index (χ4v) is 5.40. The molecule has 1 heterocycles. The summed E-state index contributed by atoms with van der Waals surface area (Å²) in [6, 6.07) is 14.2. The number of hydrogen-bond donors (Lipinski definition) is 0. The molecule has 8 nitrogen and oxygen atoms in total. The number of hydrogen-bond acceptors (Lipinski definition) is 8. The first-order chi connectivity index (χ1) is 17.7. The number of methoxy groups -OCH3 is 1. The molecule has 198 valence electrons. The summed E-state index contributed by atoms with van der Waals surface area (Å²) in [6.45, 7) is 5.79. The molecule has 1 fully saturated rings. The first-order valence-corrected chi connectivity index (χ1v) is 12.6. The van der Waals surface area contributed by atoms with Crippen LogP contribution in [0.5, 0.6) is 5.75 Å². The van der Waals surface area contributed by atoms with Gasteiger partial charge in [0.1, 0.15) is 24.6 Å². The Balaban J connectivity index is 1.71. The smallest absolute Gasteiger partial charge is 0.303 e. The third-order valence-electron chi connectivity index (χ3n) is 7.20. The Morgan fingerprint density at radius 1 is 0.892 bits per heavy atom. The molecule has 2 aromatic carbocycles. The standard InChI is InChI=1S/C29H34O8/c1-16-26(15-34-17(2)30)37-28(29(36-19(4)32)27(16)35-18(3)31)22-7-6-21-10-13-24(25(21)14-22)20-8-11-23(33-5)12-9-20/h6-9,11-12,14,16,24,26-29H,10,13,15H2,1-5H3/t16-,24?,26-,27+,28+,29-/m1/s1. The van der Waals surface area contributed by atoms with Gasteiger partial charge in [0, 0.05) is 32.6 Å². The quantitative estimate of drug-likeness (QED) is 0.402. The van der Waals surface area contributed by atoms with Gasteiger partial charge in [-0.05, 0) is 47.2 Å². The van der Waals surface area contributed by atoms with Crippen molar-refractivity contribution in [3.05, 3.63) is 64.7 Å². The van der Waals surface area contributed by atoms with E-state index in [-0.39, 0.29) is 18.4 Å². The Morgan fingerprint density at radius 2 is 1.54 bits per heavy atom. The van der Waals surface area contributed by atoms with Gasteiger partial charge in [-0.25, -0.2) is 0 Å². The fourth-order valence-electron chi connectivity index (χ4n) is 5.40. The van der Waals surface area contributed by atoms with Crippen LogP contribution in [-0.4, -0.2) is 49.9 Å². The SMILES string of the molecule is COc1ccc(C2CCc3ccc([C@@H]4O[C@H](COC(C)=O)[C@@H](C)[C@H](OC(C)=O)[C@H]4OC(C)=O)cc32)cc1. The lowest BCUT2D eigenvalue weighted by Gasteiger charge is -2.44. The van der Waals surface area contributed by atoms with Gasteiger partial charge in [0.25, 0.3) is 0 Å². The molecule has 0 radical (unpaired) electrons. The highest BCUT2D eigenvalue weighted by atomic mass is 16.6. The van der Waals surface area contributed by atoms with E-state index in [0.29, 0.717) is 0 Å². The summed E-state index contributed by atoms with van der Waals surface area (Å²) in [5, 5.41) is 0. The van der Waals surface area contributed by atoms with Crippen LogP contribution >= 0.6 is 0 Å². The van der Waals surface area contributed by atoms with Crippen LogP contribution in [0.25, 0.3) is 0 Å². The summed E-state index contributed by atoms with van der Waals surface area (Å²) in [5.74, 6) is -0.798. The van der Waals surface area contributed by atoms with Gasteiger partial charge in [0.05, 0.1) is 13.2 Å². The highest BCUT2D eigenvalue weighted by molar-refractivity contribution is 5.68. The molecular formula is C29H34O8. The van der Waals surface area contributed by atoms with Crippen molar-refractivity contribution < 1.29 is 38.1 Å². The minimum Gasteiger partial charge on any atom is -0.497 e. The molecule has 0 bridgehead atoms. The van der Waals surface area contributed by atoms with Crippen LogP contribution in [0, 0.1) is 5.92 Å². The number of carbonyl (C=O) groups excluding carboxylic acids is 3. The monoisotopic (exact) mass is 510 g/mol. The molecule has 1 aliphatic carbocycles. The van der Waals surface area contributed by atoms with E-state index >= 15 is 0 Å². The largest absolute Gasteiger partial charge is 0.497 e. The zero-order valence-electron chi connectivity index (χ0n) is 21.9. The van der Waals surface area contributed by atoms with Crippen LogP contribution in [0.1, 0.15) is 68.4 Å². The normalized spacial score (nSPS) is 26.6. The van der Waals surface area contributed by atoms with Gasteiger partial charge in [-0.15, -0.1) is 0 Å². The summed E-state index contributed by atoms with van der Waals surface area (Å²) < 4.78 is 28.4. The van der Waals surface area contributed by atoms with E-state index in [2.05, 4.69) is 24.3 Å². The maximum absolute atomic E-state index is 12.1. The van der Waals surface area contributed by atoms with Crippen LogP contribution in [0.4, 0.5) is 0 Å². The van der Waals surface area contributed by atoms with E-state index in [1.807, 2.05) is 25.1 Å². The summed E-state index contributed by atoms with van der Waals surface area (Å²) >= 11 is 0. The maximum Gasteiger partial charge on any atom is 0.303 e. The van der Waals surface area contributed by atoms with Crippen molar-refractivity contribution in [2.75, 3.05) is 13.7 Å². The molecule has 0 saturated carbocycles. The van der Waals surface area contributed by atoms with Crippen LogP contribution in [-0.2, 0) is 39.8 Å². The molecule has 6 atom stereocenters. The van der Waals surface area contributed by atoms with Crippen molar-refractivity contribution in [2.24, 2.45) is 5.92 Å². The van der Waals surface area contributed by atoms with Gasteiger partial charge in [-0.1, -0.05) is 37.3 Å². The topological polar surface area (TPSA) is 97.4 Å².